The van der Waals surface area contributed by atoms with E-state index in [0.717, 1.165) is 11.3 Å². The van der Waals surface area contributed by atoms with E-state index in [0.29, 0.717) is 11.6 Å². The van der Waals surface area contributed by atoms with Gasteiger partial charge in [0.25, 0.3) is 0 Å². The summed E-state index contributed by atoms with van der Waals surface area (Å²) in [6, 6.07) is 5.70. The number of benzene rings is 1. The van der Waals surface area contributed by atoms with Crippen LogP contribution in [0, 0.1) is 0 Å². The Hall–Kier alpha value is -1.28. The Kier molecular flexibility index (Phi) is 2.55. The lowest BCUT2D eigenvalue weighted by molar-refractivity contribution is -0.114. The first-order valence-electron chi connectivity index (χ1n) is 5.20. The van der Waals surface area contributed by atoms with Crippen molar-refractivity contribution in [1.82, 2.24) is 0 Å². The van der Waals surface area contributed by atoms with Gasteiger partial charge in [-0.1, -0.05) is 38.1 Å². The van der Waals surface area contributed by atoms with E-state index in [2.05, 4.69) is 20.4 Å². The maximum atomic E-state index is 11.7. The molecule has 16 heavy (non-hydrogen) atoms. The topological polar surface area (TPSA) is 20.3 Å². The van der Waals surface area contributed by atoms with Crippen LogP contribution in [0.2, 0.25) is 5.02 Å². The molecule has 1 aliphatic heterocycles. The zero-order valence-electron chi connectivity index (χ0n) is 9.46. The van der Waals surface area contributed by atoms with Crippen LogP contribution >= 0.6 is 11.6 Å². The molecule has 2 rings (SSSR count). The third kappa shape index (κ3) is 1.63. The molecule has 2 nitrogen and oxygen atoms in total. The summed E-state index contributed by atoms with van der Waals surface area (Å²) >= 11 is 5.97. The number of hydrogen-bond donors (Lipinski definition) is 0. The Morgan fingerprint density at radius 2 is 2.25 bits per heavy atom. The Balaban J connectivity index is 2.56. The summed E-state index contributed by atoms with van der Waals surface area (Å²) in [6.07, 6.45) is 1.34. The fourth-order valence-corrected chi connectivity index (χ4v) is 2.34. The van der Waals surface area contributed by atoms with Crippen LogP contribution in [-0.2, 0) is 10.2 Å². The van der Waals surface area contributed by atoms with Gasteiger partial charge in [0.15, 0.2) is 0 Å². The minimum atomic E-state index is -0.0749. The summed E-state index contributed by atoms with van der Waals surface area (Å²) in [5, 5.41) is 0.651. The molecule has 0 unspecified atom stereocenters. The predicted molar refractivity (Wildman–Crippen MR) is 67.0 cm³/mol. The van der Waals surface area contributed by atoms with E-state index in [1.54, 1.807) is 4.90 Å². The zero-order valence-corrected chi connectivity index (χ0v) is 10.2. The number of nitrogens with zero attached hydrogens (tertiary/aromatic N) is 1. The molecule has 0 radical (unpaired) electrons. The highest BCUT2D eigenvalue weighted by Crippen LogP contribution is 2.41. The summed E-state index contributed by atoms with van der Waals surface area (Å²) in [4.78, 5) is 13.5. The van der Waals surface area contributed by atoms with Gasteiger partial charge in [0.05, 0.1) is 0 Å². The van der Waals surface area contributed by atoms with Gasteiger partial charge in [0.2, 0.25) is 5.91 Å². The molecule has 0 fully saturated rings. The number of rotatable bonds is 1. The third-order valence-electron chi connectivity index (χ3n) is 2.97. The summed E-state index contributed by atoms with van der Waals surface area (Å²) in [6.45, 7) is 8.44. The van der Waals surface area contributed by atoms with E-state index >= 15 is 0 Å². The van der Waals surface area contributed by atoms with Gasteiger partial charge in [-0.15, -0.1) is 0 Å². The van der Waals surface area contributed by atoms with Crippen LogP contribution in [0.25, 0.3) is 0 Å². The molecule has 0 N–H and O–H groups in total. The monoisotopic (exact) mass is 235 g/mol. The van der Waals surface area contributed by atoms with Crippen molar-refractivity contribution in [3.05, 3.63) is 41.4 Å². The minimum absolute atomic E-state index is 0.0292. The molecule has 1 aliphatic rings. The highest BCUT2D eigenvalue weighted by molar-refractivity contribution is 6.31. The van der Waals surface area contributed by atoms with Crippen molar-refractivity contribution in [3.8, 4) is 0 Å². The summed E-state index contributed by atoms with van der Waals surface area (Å²) in [5.41, 5.74) is 2.04. The van der Waals surface area contributed by atoms with Crippen LogP contribution in [0.1, 0.15) is 19.4 Å². The molecule has 1 aromatic carbocycles. The van der Waals surface area contributed by atoms with Crippen molar-refractivity contribution in [2.24, 2.45) is 0 Å². The second kappa shape index (κ2) is 3.63. The Morgan fingerprint density at radius 1 is 1.56 bits per heavy atom. The lowest BCUT2D eigenvalue weighted by atomic mass is 9.87. The normalized spacial score (nSPS) is 17.1. The van der Waals surface area contributed by atoms with E-state index in [1.807, 2.05) is 18.2 Å². The van der Waals surface area contributed by atoms with E-state index in [1.165, 1.54) is 6.08 Å². The van der Waals surface area contributed by atoms with Gasteiger partial charge >= 0.3 is 0 Å². The molecular formula is C13H14ClNO. The zero-order chi connectivity index (χ0) is 11.9. The maximum absolute atomic E-state index is 11.7. The average Bonchev–Trinajstić information content (AvgIpc) is 2.49. The average molecular weight is 236 g/mol. The number of halogens is 1. The molecule has 0 saturated heterocycles. The third-order valence-corrected chi connectivity index (χ3v) is 3.21. The molecule has 1 aromatic rings. The Labute approximate surface area is 101 Å². The first-order valence-corrected chi connectivity index (χ1v) is 5.57. The van der Waals surface area contributed by atoms with Crippen LogP contribution in [0.3, 0.4) is 0 Å². The van der Waals surface area contributed by atoms with Crippen LogP contribution < -0.4 is 4.90 Å². The lowest BCUT2D eigenvalue weighted by Gasteiger charge is -2.19. The van der Waals surface area contributed by atoms with Crippen molar-refractivity contribution >= 4 is 23.2 Å². The SMILES string of the molecule is C=CC(=O)N1CC(C)(C)c2ccc(Cl)cc21. The van der Waals surface area contributed by atoms with Gasteiger partial charge in [-0.3, -0.25) is 4.79 Å². The first kappa shape index (κ1) is 11.2. The van der Waals surface area contributed by atoms with Gasteiger partial charge in [0.1, 0.15) is 0 Å². The van der Waals surface area contributed by atoms with E-state index in [-0.39, 0.29) is 11.3 Å². The fourth-order valence-electron chi connectivity index (χ4n) is 2.17. The van der Waals surface area contributed by atoms with E-state index < -0.39 is 0 Å². The van der Waals surface area contributed by atoms with E-state index in [4.69, 9.17) is 11.6 Å². The van der Waals surface area contributed by atoms with Gasteiger partial charge in [-0.25, -0.2) is 0 Å². The summed E-state index contributed by atoms with van der Waals surface area (Å²) < 4.78 is 0. The summed E-state index contributed by atoms with van der Waals surface area (Å²) in [5.74, 6) is -0.0749. The van der Waals surface area contributed by atoms with Gasteiger partial charge in [0, 0.05) is 22.7 Å². The number of amides is 1. The van der Waals surface area contributed by atoms with Crippen LogP contribution in [0.15, 0.2) is 30.9 Å². The minimum Gasteiger partial charge on any atom is -0.308 e. The number of carbonyl (C=O) groups excluding carboxylic acids is 1. The van der Waals surface area contributed by atoms with Crippen LogP contribution in [0.4, 0.5) is 5.69 Å². The molecule has 0 spiro atoms. The molecule has 1 amide bonds. The second-order valence-electron chi connectivity index (χ2n) is 4.67. The molecule has 0 bridgehead atoms. The van der Waals surface area contributed by atoms with Crippen molar-refractivity contribution in [3.63, 3.8) is 0 Å². The standard InChI is InChI=1S/C13H14ClNO/c1-4-12(16)15-8-13(2,3)10-6-5-9(14)7-11(10)15/h4-7H,1,8H2,2-3H3. The van der Waals surface area contributed by atoms with Gasteiger partial charge < -0.3 is 4.90 Å². The number of carbonyl (C=O) groups is 1. The molecule has 84 valence electrons. The predicted octanol–water partition coefficient (Wildman–Crippen LogP) is 3.15. The summed E-state index contributed by atoms with van der Waals surface area (Å²) in [7, 11) is 0. The highest BCUT2D eigenvalue weighted by Gasteiger charge is 2.37. The lowest BCUT2D eigenvalue weighted by Crippen LogP contribution is -2.32. The van der Waals surface area contributed by atoms with Crippen molar-refractivity contribution in [1.29, 1.82) is 0 Å². The Morgan fingerprint density at radius 3 is 2.88 bits per heavy atom. The molecule has 0 atom stereocenters. The number of fused-ring (bicyclic) bond motifs is 1. The van der Waals surface area contributed by atoms with Crippen LogP contribution in [-0.4, -0.2) is 12.5 Å². The maximum Gasteiger partial charge on any atom is 0.250 e. The molecule has 1 heterocycles. The number of anilines is 1. The van der Waals surface area contributed by atoms with Crippen molar-refractivity contribution in [2.45, 2.75) is 19.3 Å². The van der Waals surface area contributed by atoms with Crippen molar-refractivity contribution in [2.75, 3.05) is 11.4 Å². The number of hydrogen-bond acceptors (Lipinski definition) is 1. The quantitative estimate of drug-likeness (QED) is 0.685. The molecular weight excluding hydrogens is 222 g/mol. The Bertz CT molecular complexity index is 465. The molecule has 3 heteroatoms. The smallest absolute Gasteiger partial charge is 0.250 e. The molecule has 0 aromatic heterocycles. The van der Waals surface area contributed by atoms with E-state index in [9.17, 15) is 4.79 Å². The molecule has 0 saturated carbocycles. The van der Waals surface area contributed by atoms with Crippen molar-refractivity contribution < 1.29 is 4.79 Å². The van der Waals surface area contributed by atoms with Gasteiger partial charge in [-0.05, 0) is 23.8 Å². The fraction of sp³-hybridized carbons (Fsp3) is 0.308. The largest absolute Gasteiger partial charge is 0.308 e. The second-order valence-corrected chi connectivity index (χ2v) is 5.11. The van der Waals surface area contributed by atoms with Crippen LogP contribution in [0.5, 0.6) is 0 Å². The highest BCUT2D eigenvalue weighted by atomic mass is 35.5. The first-order chi connectivity index (χ1) is 7.45. The van der Waals surface area contributed by atoms with Gasteiger partial charge in [-0.2, -0.15) is 0 Å². The molecule has 0 aliphatic carbocycles.